The highest BCUT2D eigenvalue weighted by molar-refractivity contribution is 8.00. The van der Waals surface area contributed by atoms with Crippen molar-refractivity contribution in [2.75, 3.05) is 48.4 Å². The molecular weight excluding hydrogens is 466 g/mol. The van der Waals surface area contributed by atoms with E-state index in [1.807, 2.05) is 34.9 Å². The van der Waals surface area contributed by atoms with Crippen molar-refractivity contribution in [2.24, 2.45) is 0 Å². The summed E-state index contributed by atoms with van der Waals surface area (Å²) in [5, 5.41) is 10.2. The number of rotatable bonds is 5. The van der Waals surface area contributed by atoms with Crippen molar-refractivity contribution in [1.29, 1.82) is 0 Å². The number of para-hydroxylation sites is 1. The Morgan fingerprint density at radius 3 is 2.65 bits per heavy atom. The summed E-state index contributed by atoms with van der Waals surface area (Å²) in [6.07, 6.45) is 0.969. The third kappa shape index (κ3) is 4.96. The quantitative estimate of drug-likeness (QED) is 0.486. The highest BCUT2D eigenvalue weighted by Crippen LogP contribution is 2.38. The Hall–Kier alpha value is -2.49. The van der Waals surface area contributed by atoms with Gasteiger partial charge in [0.05, 0.1) is 30.3 Å². The van der Waals surface area contributed by atoms with Gasteiger partial charge in [0.25, 0.3) is 0 Å². The standard InChI is InChI=1S/C25H29N5O2S2/c1-18-7-9-20(10-8-18)30-24(28-13-15-32-16-14-28)26-27-25(30)33-17-23(31)29-12-11-19(2)34-22-6-4-3-5-21(22)29/h3-10,19H,11-17H2,1-2H3/t19-/m0/s1. The number of hydrogen-bond donors (Lipinski definition) is 0. The van der Waals surface area contributed by atoms with Crippen molar-refractivity contribution in [3.8, 4) is 5.69 Å². The zero-order valence-corrected chi connectivity index (χ0v) is 21.1. The molecule has 34 heavy (non-hydrogen) atoms. The van der Waals surface area contributed by atoms with Crippen molar-refractivity contribution >= 4 is 41.1 Å². The third-order valence-corrected chi connectivity index (χ3v) is 8.22. The van der Waals surface area contributed by atoms with E-state index < -0.39 is 0 Å². The number of nitrogens with zero attached hydrogens (tertiary/aromatic N) is 5. The number of carbonyl (C=O) groups is 1. The number of aryl methyl sites for hydroxylation is 1. The van der Waals surface area contributed by atoms with Crippen molar-refractivity contribution < 1.29 is 9.53 Å². The van der Waals surface area contributed by atoms with E-state index in [4.69, 9.17) is 4.74 Å². The molecule has 0 saturated carbocycles. The van der Waals surface area contributed by atoms with Crippen LogP contribution in [0, 0.1) is 6.92 Å². The van der Waals surface area contributed by atoms with Crippen molar-refractivity contribution in [2.45, 2.75) is 35.6 Å². The highest BCUT2D eigenvalue weighted by Gasteiger charge is 2.26. The molecule has 2 aliphatic heterocycles. The fraction of sp³-hybridized carbons (Fsp3) is 0.400. The minimum absolute atomic E-state index is 0.0959. The second-order valence-electron chi connectivity index (χ2n) is 8.57. The van der Waals surface area contributed by atoms with Crippen molar-refractivity contribution in [3.05, 3.63) is 54.1 Å². The number of carbonyl (C=O) groups excluding carboxylic acids is 1. The minimum atomic E-state index is 0.0959. The molecule has 0 bridgehead atoms. The average molecular weight is 496 g/mol. The average Bonchev–Trinajstić information content (AvgIpc) is 3.20. The van der Waals surface area contributed by atoms with Crippen molar-refractivity contribution in [1.82, 2.24) is 14.8 Å². The van der Waals surface area contributed by atoms with E-state index in [2.05, 4.69) is 63.8 Å². The Bertz CT molecular complexity index is 1140. The predicted octanol–water partition coefficient (Wildman–Crippen LogP) is 4.42. The maximum absolute atomic E-state index is 13.4. The van der Waals surface area contributed by atoms with E-state index >= 15 is 0 Å². The van der Waals surface area contributed by atoms with Crippen LogP contribution in [0.2, 0.25) is 0 Å². The van der Waals surface area contributed by atoms with E-state index in [0.717, 1.165) is 48.5 Å². The number of thioether (sulfide) groups is 2. The molecule has 5 rings (SSSR count). The van der Waals surface area contributed by atoms with Crippen LogP contribution in [0.25, 0.3) is 5.69 Å². The summed E-state index contributed by atoms with van der Waals surface area (Å²) in [5.41, 5.74) is 3.20. The van der Waals surface area contributed by atoms with E-state index in [1.165, 1.54) is 22.2 Å². The lowest BCUT2D eigenvalue weighted by Crippen LogP contribution is -2.38. The lowest BCUT2D eigenvalue weighted by atomic mass is 10.2. The Labute approximate surface area is 208 Å². The van der Waals surface area contributed by atoms with Gasteiger partial charge in [0.2, 0.25) is 11.9 Å². The molecule has 1 fully saturated rings. The summed E-state index contributed by atoms with van der Waals surface area (Å²) in [4.78, 5) is 18.7. The van der Waals surface area contributed by atoms with Crippen LogP contribution in [-0.4, -0.2) is 64.5 Å². The molecule has 7 nitrogen and oxygen atoms in total. The molecule has 0 unspecified atom stereocenters. The predicted molar refractivity (Wildman–Crippen MR) is 139 cm³/mol. The lowest BCUT2D eigenvalue weighted by molar-refractivity contribution is -0.116. The molecule has 1 amide bonds. The normalized spacial score (nSPS) is 18.5. The second kappa shape index (κ2) is 10.4. The monoisotopic (exact) mass is 495 g/mol. The van der Waals surface area contributed by atoms with Crippen LogP contribution in [0.3, 0.4) is 0 Å². The maximum Gasteiger partial charge on any atom is 0.237 e. The number of anilines is 2. The topological polar surface area (TPSA) is 63.5 Å². The number of benzene rings is 2. The van der Waals surface area contributed by atoms with E-state index in [1.54, 1.807) is 0 Å². The van der Waals surface area contributed by atoms with Gasteiger partial charge in [-0.1, -0.05) is 48.5 Å². The molecule has 2 aliphatic rings. The molecule has 0 aliphatic carbocycles. The molecular formula is C25H29N5O2S2. The summed E-state index contributed by atoms with van der Waals surface area (Å²) >= 11 is 3.29. The highest BCUT2D eigenvalue weighted by atomic mass is 32.2. The number of ether oxygens (including phenoxy) is 1. The van der Waals surface area contributed by atoms with Crippen LogP contribution >= 0.6 is 23.5 Å². The minimum Gasteiger partial charge on any atom is -0.378 e. The number of amides is 1. The zero-order chi connectivity index (χ0) is 23.5. The first-order valence-electron chi connectivity index (χ1n) is 11.6. The second-order valence-corrected chi connectivity index (χ2v) is 11.0. The molecule has 0 N–H and O–H groups in total. The van der Waals surface area contributed by atoms with Crippen LogP contribution < -0.4 is 9.80 Å². The lowest BCUT2D eigenvalue weighted by Gasteiger charge is -2.28. The summed E-state index contributed by atoms with van der Waals surface area (Å²) in [5.74, 6) is 1.20. The van der Waals surface area contributed by atoms with E-state index in [-0.39, 0.29) is 5.91 Å². The van der Waals surface area contributed by atoms with Gasteiger partial charge in [0.15, 0.2) is 5.16 Å². The summed E-state index contributed by atoms with van der Waals surface area (Å²) in [7, 11) is 0. The Kier molecular flexibility index (Phi) is 7.12. The number of fused-ring (bicyclic) bond motifs is 1. The van der Waals surface area contributed by atoms with Crippen LogP contribution in [0.5, 0.6) is 0 Å². The molecule has 9 heteroatoms. The summed E-state index contributed by atoms with van der Waals surface area (Å²) in [6.45, 7) is 7.92. The Balaban J connectivity index is 1.40. The molecule has 1 saturated heterocycles. The van der Waals surface area contributed by atoms with Gasteiger partial charge in [-0.3, -0.25) is 9.36 Å². The first kappa shape index (κ1) is 23.3. The fourth-order valence-corrected chi connectivity index (χ4v) is 6.13. The Morgan fingerprint density at radius 1 is 1.09 bits per heavy atom. The first-order chi connectivity index (χ1) is 16.6. The van der Waals surface area contributed by atoms with Gasteiger partial charge in [-0.15, -0.1) is 22.0 Å². The fourth-order valence-electron chi connectivity index (χ4n) is 4.19. The van der Waals surface area contributed by atoms with Gasteiger partial charge >= 0.3 is 0 Å². The van der Waals surface area contributed by atoms with Gasteiger partial charge in [0.1, 0.15) is 0 Å². The van der Waals surface area contributed by atoms with E-state index in [9.17, 15) is 4.79 Å². The van der Waals surface area contributed by atoms with Crippen LogP contribution in [0.15, 0.2) is 58.6 Å². The number of hydrogen-bond acceptors (Lipinski definition) is 7. The van der Waals surface area contributed by atoms with Crippen molar-refractivity contribution in [3.63, 3.8) is 0 Å². The first-order valence-corrected chi connectivity index (χ1v) is 13.5. The van der Waals surface area contributed by atoms with Gasteiger partial charge in [-0.25, -0.2) is 0 Å². The molecule has 2 aromatic carbocycles. The molecule has 3 aromatic rings. The van der Waals surface area contributed by atoms with Crippen LogP contribution in [-0.2, 0) is 9.53 Å². The molecule has 0 spiro atoms. The largest absolute Gasteiger partial charge is 0.378 e. The summed E-state index contributed by atoms with van der Waals surface area (Å²) < 4.78 is 7.59. The third-order valence-electron chi connectivity index (χ3n) is 6.07. The number of aromatic nitrogens is 3. The SMILES string of the molecule is Cc1ccc(-n2c(SCC(=O)N3CC[C@H](C)Sc4ccccc43)nnc2N2CCOCC2)cc1. The molecule has 1 aromatic heterocycles. The molecule has 178 valence electrons. The summed E-state index contributed by atoms with van der Waals surface area (Å²) in [6, 6.07) is 16.5. The smallest absolute Gasteiger partial charge is 0.237 e. The van der Waals surface area contributed by atoms with Crippen LogP contribution in [0.4, 0.5) is 11.6 Å². The van der Waals surface area contributed by atoms with Gasteiger partial charge in [-0.05, 0) is 37.6 Å². The van der Waals surface area contributed by atoms with Gasteiger partial charge in [-0.2, -0.15) is 0 Å². The van der Waals surface area contributed by atoms with Crippen LogP contribution in [0.1, 0.15) is 18.9 Å². The maximum atomic E-state index is 13.4. The Morgan fingerprint density at radius 2 is 1.85 bits per heavy atom. The molecule has 3 heterocycles. The zero-order valence-electron chi connectivity index (χ0n) is 19.5. The molecule has 1 atom stereocenters. The van der Waals surface area contributed by atoms with E-state index in [0.29, 0.717) is 24.2 Å². The van der Waals surface area contributed by atoms with Gasteiger partial charge in [0, 0.05) is 29.8 Å². The van der Waals surface area contributed by atoms with Gasteiger partial charge < -0.3 is 14.5 Å². The molecule has 0 radical (unpaired) electrons. The number of morpholine rings is 1.